The van der Waals surface area contributed by atoms with Crippen LogP contribution in [0.3, 0.4) is 0 Å². The first kappa shape index (κ1) is 14.2. The summed E-state index contributed by atoms with van der Waals surface area (Å²) in [7, 11) is 1.76. The standard InChI is InChI=1S/C16H23BrN2O/c1-20-16-7-6-13(17)11-15(16)19-10-4-9-18-8-3-2-5-14(18)12-19/h6-7,11,14H,2-5,8-10,12H2,1H3. The second kappa shape index (κ2) is 6.35. The normalized spacial score (nSPS) is 24.1. The number of rotatable bonds is 2. The van der Waals surface area contributed by atoms with Gasteiger partial charge in [-0.1, -0.05) is 22.4 Å². The molecule has 0 aliphatic carbocycles. The van der Waals surface area contributed by atoms with Gasteiger partial charge in [0.05, 0.1) is 12.8 Å². The Labute approximate surface area is 130 Å². The molecule has 0 spiro atoms. The zero-order valence-electron chi connectivity index (χ0n) is 12.1. The van der Waals surface area contributed by atoms with E-state index in [1.165, 1.54) is 44.5 Å². The van der Waals surface area contributed by atoms with Crippen LogP contribution in [-0.2, 0) is 0 Å². The second-order valence-corrected chi connectivity index (χ2v) is 6.72. The van der Waals surface area contributed by atoms with Crippen LogP contribution in [0.2, 0.25) is 0 Å². The molecule has 3 rings (SSSR count). The van der Waals surface area contributed by atoms with Crippen molar-refractivity contribution in [3.8, 4) is 5.75 Å². The minimum atomic E-state index is 0.718. The Balaban J connectivity index is 1.84. The monoisotopic (exact) mass is 338 g/mol. The van der Waals surface area contributed by atoms with Gasteiger partial charge in [0.2, 0.25) is 0 Å². The van der Waals surface area contributed by atoms with Crippen LogP contribution in [-0.4, -0.2) is 44.2 Å². The SMILES string of the molecule is COc1ccc(Br)cc1N1CCCN2CCCCC2C1. The molecule has 2 saturated heterocycles. The van der Waals surface area contributed by atoms with E-state index >= 15 is 0 Å². The maximum atomic E-state index is 5.55. The van der Waals surface area contributed by atoms with Crippen molar-refractivity contribution in [1.82, 2.24) is 4.90 Å². The Morgan fingerprint density at radius 3 is 2.85 bits per heavy atom. The molecule has 0 radical (unpaired) electrons. The van der Waals surface area contributed by atoms with Crippen LogP contribution in [0, 0.1) is 0 Å². The molecule has 0 N–H and O–H groups in total. The Kier molecular flexibility index (Phi) is 4.51. The number of anilines is 1. The van der Waals surface area contributed by atoms with Gasteiger partial charge in [0.15, 0.2) is 0 Å². The molecule has 1 aromatic carbocycles. The molecular weight excluding hydrogens is 316 g/mol. The lowest BCUT2D eigenvalue weighted by Crippen LogP contribution is -2.44. The fraction of sp³-hybridized carbons (Fsp3) is 0.625. The van der Waals surface area contributed by atoms with Crippen molar-refractivity contribution in [3.05, 3.63) is 22.7 Å². The highest BCUT2D eigenvalue weighted by molar-refractivity contribution is 9.10. The smallest absolute Gasteiger partial charge is 0.142 e. The van der Waals surface area contributed by atoms with Crippen molar-refractivity contribution in [3.63, 3.8) is 0 Å². The molecule has 1 unspecified atom stereocenters. The van der Waals surface area contributed by atoms with Crippen molar-refractivity contribution in [2.45, 2.75) is 31.7 Å². The van der Waals surface area contributed by atoms with Gasteiger partial charge in [0, 0.05) is 30.1 Å². The van der Waals surface area contributed by atoms with Crippen LogP contribution in [0.4, 0.5) is 5.69 Å². The van der Waals surface area contributed by atoms with Gasteiger partial charge in [-0.05, 0) is 44.0 Å². The molecule has 0 amide bonds. The highest BCUT2D eigenvalue weighted by Gasteiger charge is 2.28. The molecule has 2 heterocycles. The van der Waals surface area contributed by atoms with Crippen molar-refractivity contribution in [2.24, 2.45) is 0 Å². The summed E-state index contributed by atoms with van der Waals surface area (Å²) < 4.78 is 6.68. The number of halogens is 1. The first-order chi connectivity index (χ1) is 9.78. The predicted octanol–water partition coefficient (Wildman–Crippen LogP) is 3.52. The van der Waals surface area contributed by atoms with Crippen LogP contribution >= 0.6 is 15.9 Å². The van der Waals surface area contributed by atoms with Crippen LogP contribution in [0.15, 0.2) is 22.7 Å². The molecule has 0 aromatic heterocycles. The molecule has 1 aromatic rings. The van der Waals surface area contributed by atoms with E-state index in [0.29, 0.717) is 0 Å². The molecule has 0 bridgehead atoms. The number of nitrogens with zero attached hydrogens (tertiary/aromatic N) is 2. The minimum Gasteiger partial charge on any atom is -0.495 e. The second-order valence-electron chi connectivity index (χ2n) is 5.80. The average molecular weight is 339 g/mol. The van der Waals surface area contributed by atoms with Gasteiger partial charge in [-0.15, -0.1) is 0 Å². The van der Waals surface area contributed by atoms with Gasteiger partial charge in [-0.3, -0.25) is 4.90 Å². The van der Waals surface area contributed by atoms with Gasteiger partial charge < -0.3 is 9.64 Å². The highest BCUT2D eigenvalue weighted by atomic mass is 79.9. The van der Waals surface area contributed by atoms with Crippen molar-refractivity contribution in [1.29, 1.82) is 0 Å². The van der Waals surface area contributed by atoms with Crippen LogP contribution < -0.4 is 9.64 Å². The van der Waals surface area contributed by atoms with E-state index in [2.05, 4.69) is 37.9 Å². The summed E-state index contributed by atoms with van der Waals surface area (Å²) in [5.74, 6) is 0.984. The zero-order valence-corrected chi connectivity index (χ0v) is 13.7. The lowest BCUT2D eigenvalue weighted by molar-refractivity contribution is 0.162. The van der Waals surface area contributed by atoms with Crippen molar-refractivity contribution < 1.29 is 4.74 Å². The lowest BCUT2D eigenvalue weighted by Gasteiger charge is -2.36. The van der Waals surface area contributed by atoms with E-state index in [0.717, 1.165) is 29.4 Å². The topological polar surface area (TPSA) is 15.7 Å². The molecule has 3 nitrogen and oxygen atoms in total. The maximum Gasteiger partial charge on any atom is 0.142 e. The lowest BCUT2D eigenvalue weighted by atomic mass is 10.0. The summed E-state index contributed by atoms with van der Waals surface area (Å²) in [4.78, 5) is 5.20. The third-order valence-electron chi connectivity index (χ3n) is 4.54. The van der Waals surface area contributed by atoms with Gasteiger partial charge in [-0.25, -0.2) is 0 Å². The first-order valence-corrected chi connectivity index (χ1v) is 8.40. The maximum absolute atomic E-state index is 5.55. The largest absolute Gasteiger partial charge is 0.495 e. The van der Waals surface area contributed by atoms with Crippen LogP contribution in [0.1, 0.15) is 25.7 Å². The van der Waals surface area contributed by atoms with E-state index in [1.807, 2.05) is 6.07 Å². The van der Waals surface area contributed by atoms with E-state index in [1.54, 1.807) is 7.11 Å². The fourth-order valence-corrected chi connectivity index (χ4v) is 3.85. The minimum absolute atomic E-state index is 0.718. The summed E-state index contributed by atoms with van der Waals surface area (Å²) in [6.45, 7) is 4.79. The number of hydrogen-bond acceptors (Lipinski definition) is 3. The Hall–Kier alpha value is -0.740. The van der Waals surface area contributed by atoms with E-state index in [-0.39, 0.29) is 0 Å². The molecular formula is C16H23BrN2O. The third-order valence-corrected chi connectivity index (χ3v) is 5.03. The Morgan fingerprint density at radius 1 is 1.15 bits per heavy atom. The number of ether oxygens (including phenoxy) is 1. The predicted molar refractivity (Wildman–Crippen MR) is 86.7 cm³/mol. The summed E-state index contributed by atoms with van der Waals surface area (Å²) in [5, 5.41) is 0. The van der Waals surface area contributed by atoms with E-state index < -0.39 is 0 Å². The number of methoxy groups -OCH3 is 1. The first-order valence-electron chi connectivity index (χ1n) is 7.60. The van der Waals surface area contributed by atoms with Crippen molar-refractivity contribution in [2.75, 3.05) is 38.2 Å². The van der Waals surface area contributed by atoms with E-state index in [9.17, 15) is 0 Å². The quantitative estimate of drug-likeness (QED) is 0.820. The summed E-state index contributed by atoms with van der Waals surface area (Å²) >= 11 is 3.59. The van der Waals surface area contributed by atoms with Gasteiger partial charge in [-0.2, -0.15) is 0 Å². The Bertz CT molecular complexity index is 466. The number of hydrogen-bond donors (Lipinski definition) is 0. The summed E-state index contributed by atoms with van der Waals surface area (Å²) in [6, 6.07) is 7.02. The molecule has 20 heavy (non-hydrogen) atoms. The van der Waals surface area contributed by atoms with Gasteiger partial charge in [0.1, 0.15) is 5.75 Å². The number of benzene rings is 1. The fourth-order valence-electron chi connectivity index (χ4n) is 3.50. The molecule has 4 heteroatoms. The van der Waals surface area contributed by atoms with Crippen LogP contribution in [0.5, 0.6) is 5.75 Å². The van der Waals surface area contributed by atoms with E-state index in [4.69, 9.17) is 4.74 Å². The number of piperidine rings is 1. The molecule has 0 saturated carbocycles. The number of fused-ring (bicyclic) bond motifs is 1. The highest BCUT2D eigenvalue weighted by Crippen LogP contribution is 2.33. The van der Waals surface area contributed by atoms with Crippen LogP contribution in [0.25, 0.3) is 0 Å². The molecule has 2 aliphatic rings. The molecule has 110 valence electrons. The van der Waals surface area contributed by atoms with Crippen molar-refractivity contribution >= 4 is 21.6 Å². The average Bonchev–Trinajstić information content (AvgIpc) is 2.69. The van der Waals surface area contributed by atoms with Gasteiger partial charge >= 0.3 is 0 Å². The molecule has 2 aliphatic heterocycles. The zero-order chi connectivity index (χ0) is 13.9. The Morgan fingerprint density at radius 2 is 2.00 bits per heavy atom. The summed E-state index contributed by atoms with van der Waals surface area (Å²) in [5.41, 5.74) is 1.23. The van der Waals surface area contributed by atoms with Gasteiger partial charge in [0.25, 0.3) is 0 Å². The third kappa shape index (κ3) is 2.96. The summed E-state index contributed by atoms with van der Waals surface area (Å²) in [6.07, 6.45) is 5.33. The molecule has 2 fully saturated rings. The molecule has 1 atom stereocenters.